The average molecular weight is 311 g/mol. The van der Waals surface area contributed by atoms with Gasteiger partial charge in [0, 0.05) is 6.54 Å². The second-order valence-corrected chi connectivity index (χ2v) is 7.15. The minimum absolute atomic E-state index is 0.167. The summed E-state index contributed by atoms with van der Waals surface area (Å²) in [6.07, 6.45) is 4.80. The predicted octanol–water partition coefficient (Wildman–Crippen LogP) is 2.72. The van der Waals surface area contributed by atoms with Gasteiger partial charge in [0.1, 0.15) is 4.88 Å². The topological polar surface area (TPSA) is 75.1 Å². The molecule has 1 heterocycles. The Morgan fingerprint density at radius 1 is 1.48 bits per heavy atom. The Morgan fingerprint density at radius 2 is 2.14 bits per heavy atom. The average Bonchev–Trinajstić information content (AvgIpc) is 2.95. The van der Waals surface area contributed by atoms with Crippen LogP contribution in [0, 0.1) is 5.92 Å². The lowest BCUT2D eigenvalue weighted by Gasteiger charge is -2.35. The first-order chi connectivity index (χ1) is 9.95. The van der Waals surface area contributed by atoms with E-state index in [9.17, 15) is 9.90 Å². The Bertz CT molecular complexity index is 479. The molecule has 2 rings (SSSR count). The van der Waals surface area contributed by atoms with Crippen LogP contribution in [0.2, 0.25) is 0 Å². The lowest BCUT2D eigenvalue weighted by molar-refractivity contribution is -0.00784. The zero-order valence-electron chi connectivity index (χ0n) is 13.1. The summed E-state index contributed by atoms with van der Waals surface area (Å²) in [4.78, 5) is 12.8. The maximum atomic E-state index is 12.2. The predicted molar refractivity (Wildman–Crippen MR) is 83.5 cm³/mol. The molecule has 0 unspecified atom stereocenters. The van der Waals surface area contributed by atoms with E-state index in [1.807, 2.05) is 13.8 Å². The molecule has 1 fully saturated rings. The minimum atomic E-state index is -0.753. The van der Waals surface area contributed by atoms with E-state index in [-0.39, 0.29) is 11.8 Å². The summed E-state index contributed by atoms with van der Waals surface area (Å²) in [5.74, 6) is 0.728. The first kappa shape index (κ1) is 16.4. The summed E-state index contributed by atoms with van der Waals surface area (Å²) in [5.41, 5.74) is -0.0172. The molecule has 21 heavy (non-hydrogen) atoms. The molecule has 2 N–H and O–H groups in total. The molecule has 1 amide bonds. The highest BCUT2D eigenvalue weighted by atomic mass is 32.1. The van der Waals surface area contributed by atoms with Gasteiger partial charge < -0.3 is 10.4 Å². The molecule has 1 aromatic heterocycles. The largest absolute Gasteiger partial charge is 0.388 e. The molecule has 1 aliphatic carbocycles. The highest BCUT2D eigenvalue weighted by Crippen LogP contribution is 2.33. The van der Waals surface area contributed by atoms with Crippen LogP contribution in [0.5, 0.6) is 0 Å². The van der Waals surface area contributed by atoms with Crippen molar-refractivity contribution >= 4 is 17.4 Å². The summed E-state index contributed by atoms with van der Waals surface area (Å²) in [6, 6.07) is 0. The molecule has 0 atom stereocenters. The van der Waals surface area contributed by atoms with E-state index < -0.39 is 5.60 Å². The number of nitrogens with zero attached hydrogens (tertiary/aromatic N) is 2. The fourth-order valence-electron chi connectivity index (χ4n) is 2.86. The van der Waals surface area contributed by atoms with Crippen LogP contribution in [0.4, 0.5) is 0 Å². The van der Waals surface area contributed by atoms with E-state index in [0.717, 1.165) is 48.8 Å². The van der Waals surface area contributed by atoms with Gasteiger partial charge in [-0.1, -0.05) is 31.7 Å². The maximum absolute atomic E-state index is 12.2. The van der Waals surface area contributed by atoms with Gasteiger partial charge in [-0.15, -0.1) is 5.10 Å². The van der Waals surface area contributed by atoms with E-state index in [4.69, 9.17) is 0 Å². The van der Waals surface area contributed by atoms with Gasteiger partial charge >= 0.3 is 0 Å². The fourth-order valence-corrected chi connectivity index (χ4v) is 3.59. The van der Waals surface area contributed by atoms with Crippen molar-refractivity contribution in [2.45, 2.75) is 64.4 Å². The number of aromatic nitrogens is 2. The first-order valence-corrected chi connectivity index (χ1v) is 8.55. The van der Waals surface area contributed by atoms with Crippen molar-refractivity contribution in [2.75, 3.05) is 6.54 Å². The number of carbonyl (C=O) groups is 1. The van der Waals surface area contributed by atoms with Crippen molar-refractivity contribution in [3.8, 4) is 0 Å². The molecule has 0 aromatic carbocycles. The van der Waals surface area contributed by atoms with Gasteiger partial charge in [0.2, 0.25) is 0 Å². The van der Waals surface area contributed by atoms with Gasteiger partial charge in [-0.05, 0) is 49.1 Å². The number of amides is 1. The molecular weight excluding hydrogens is 286 g/mol. The molecule has 0 aliphatic heterocycles. The van der Waals surface area contributed by atoms with E-state index in [1.54, 1.807) is 0 Å². The van der Waals surface area contributed by atoms with Crippen LogP contribution < -0.4 is 5.32 Å². The smallest absolute Gasteiger partial charge is 0.265 e. The van der Waals surface area contributed by atoms with Crippen LogP contribution in [0.25, 0.3) is 0 Å². The van der Waals surface area contributed by atoms with Crippen molar-refractivity contribution in [1.82, 2.24) is 14.9 Å². The Labute approximate surface area is 130 Å². The van der Waals surface area contributed by atoms with E-state index >= 15 is 0 Å². The highest BCUT2D eigenvalue weighted by molar-refractivity contribution is 7.08. The minimum Gasteiger partial charge on any atom is -0.388 e. The van der Waals surface area contributed by atoms with Gasteiger partial charge in [-0.25, -0.2) is 0 Å². The lowest BCUT2D eigenvalue weighted by Crippen LogP contribution is -2.45. The molecule has 1 aliphatic rings. The molecule has 0 saturated heterocycles. The maximum Gasteiger partial charge on any atom is 0.265 e. The summed E-state index contributed by atoms with van der Waals surface area (Å²) in [7, 11) is 0. The van der Waals surface area contributed by atoms with Crippen molar-refractivity contribution < 1.29 is 9.90 Å². The molecule has 5 nitrogen and oxygen atoms in total. The second kappa shape index (κ2) is 6.83. The van der Waals surface area contributed by atoms with E-state index in [2.05, 4.69) is 21.8 Å². The third-order valence-corrected chi connectivity index (χ3v) is 5.20. The van der Waals surface area contributed by atoms with Gasteiger partial charge in [0.05, 0.1) is 11.3 Å². The number of rotatable bonds is 5. The lowest BCUT2D eigenvalue weighted by atomic mass is 9.78. The molecule has 0 radical (unpaired) electrons. The number of aliphatic hydroxyl groups is 1. The van der Waals surface area contributed by atoms with Crippen LogP contribution in [-0.2, 0) is 0 Å². The van der Waals surface area contributed by atoms with Gasteiger partial charge in [-0.3, -0.25) is 4.79 Å². The molecule has 1 aromatic rings. The third kappa shape index (κ3) is 4.01. The number of hydrogen-bond acceptors (Lipinski definition) is 5. The highest BCUT2D eigenvalue weighted by Gasteiger charge is 2.33. The molecule has 0 bridgehead atoms. The van der Waals surface area contributed by atoms with E-state index in [1.165, 1.54) is 6.42 Å². The standard InChI is InChI=1S/C15H25N3O2S/c1-4-11-5-7-15(20,8-6-11)9-16-14(19)13-12(10(2)3)17-18-21-13/h10-11,20H,4-9H2,1-3H3,(H,16,19). The van der Waals surface area contributed by atoms with Crippen LogP contribution >= 0.6 is 11.5 Å². The Morgan fingerprint density at radius 3 is 2.71 bits per heavy atom. The SMILES string of the molecule is CCC1CCC(O)(CNC(=O)c2snnc2C(C)C)CC1. The quantitative estimate of drug-likeness (QED) is 0.876. The number of hydrogen-bond donors (Lipinski definition) is 2. The van der Waals surface area contributed by atoms with Crippen LogP contribution in [-0.4, -0.2) is 32.7 Å². The van der Waals surface area contributed by atoms with Crippen molar-refractivity contribution in [3.63, 3.8) is 0 Å². The number of carbonyl (C=O) groups excluding carboxylic acids is 1. The summed E-state index contributed by atoms with van der Waals surface area (Å²) >= 11 is 1.12. The second-order valence-electron chi connectivity index (χ2n) is 6.40. The van der Waals surface area contributed by atoms with E-state index in [0.29, 0.717) is 11.4 Å². The van der Waals surface area contributed by atoms with Crippen molar-refractivity contribution in [2.24, 2.45) is 5.92 Å². The molecule has 6 heteroatoms. The third-order valence-electron chi connectivity index (χ3n) is 4.46. The first-order valence-electron chi connectivity index (χ1n) is 7.78. The Balaban J connectivity index is 1.91. The van der Waals surface area contributed by atoms with Crippen molar-refractivity contribution in [1.29, 1.82) is 0 Å². The monoisotopic (exact) mass is 311 g/mol. The normalized spacial score (nSPS) is 26.0. The van der Waals surface area contributed by atoms with Gasteiger partial charge in [-0.2, -0.15) is 0 Å². The van der Waals surface area contributed by atoms with Gasteiger partial charge in [0.25, 0.3) is 5.91 Å². The molecule has 0 spiro atoms. The van der Waals surface area contributed by atoms with Gasteiger partial charge in [0.15, 0.2) is 0 Å². The summed E-state index contributed by atoms with van der Waals surface area (Å²) in [6.45, 7) is 6.50. The molecule has 1 saturated carbocycles. The number of nitrogens with one attached hydrogen (secondary N) is 1. The molecular formula is C15H25N3O2S. The van der Waals surface area contributed by atoms with Crippen LogP contribution in [0.15, 0.2) is 0 Å². The van der Waals surface area contributed by atoms with Crippen molar-refractivity contribution in [3.05, 3.63) is 10.6 Å². The zero-order chi connectivity index (χ0) is 15.5. The fraction of sp³-hybridized carbons (Fsp3) is 0.800. The summed E-state index contributed by atoms with van der Waals surface area (Å²) in [5, 5.41) is 17.4. The Hall–Kier alpha value is -1.01. The zero-order valence-corrected chi connectivity index (χ0v) is 13.9. The Kier molecular flexibility index (Phi) is 5.32. The molecule has 118 valence electrons. The van der Waals surface area contributed by atoms with Crippen LogP contribution in [0.3, 0.4) is 0 Å². The van der Waals surface area contributed by atoms with Crippen LogP contribution in [0.1, 0.15) is 74.2 Å². The summed E-state index contributed by atoms with van der Waals surface area (Å²) < 4.78 is 3.87.